The molecule has 0 atom stereocenters. The zero-order valence-electron chi connectivity index (χ0n) is 13.2. The van der Waals surface area contributed by atoms with Crippen molar-refractivity contribution in [3.05, 3.63) is 65.2 Å². The maximum absolute atomic E-state index is 12.5. The second kappa shape index (κ2) is 7.99. The Balaban J connectivity index is 2.09. The number of alkyl halides is 3. The average molecular weight is 338 g/mol. The van der Waals surface area contributed by atoms with E-state index in [9.17, 15) is 13.2 Å². The van der Waals surface area contributed by atoms with Crippen LogP contribution in [0, 0.1) is 0 Å². The fourth-order valence-corrected chi connectivity index (χ4v) is 1.97. The fourth-order valence-electron chi connectivity index (χ4n) is 1.97. The molecule has 2 aromatic rings. The molecule has 24 heavy (non-hydrogen) atoms. The molecule has 0 unspecified atom stereocenters. The molecule has 0 bridgehead atoms. The van der Waals surface area contributed by atoms with Crippen molar-refractivity contribution in [3.8, 4) is 5.75 Å². The highest BCUT2D eigenvalue weighted by molar-refractivity contribution is 5.70. The van der Waals surface area contributed by atoms with E-state index in [1.54, 1.807) is 30.4 Å². The van der Waals surface area contributed by atoms with Crippen LogP contribution in [0.4, 0.5) is 13.2 Å². The molecule has 0 aromatic heterocycles. The smallest absolute Gasteiger partial charge is 0.416 e. The molecule has 0 saturated carbocycles. The van der Waals surface area contributed by atoms with Gasteiger partial charge in [-0.2, -0.15) is 13.2 Å². The van der Waals surface area contributed by atoms with E-state index in [0.29, 0.717) is 11.3 Å². The summed E-state index contributed by atoms with van der Waals surface area (Å²) < 4.78 is 52.9. The van der Waals surface area contributed by atoms with Crippen molar-refractivity contribution in [3.63, 3.8) is 0 Å². The lowest BCUT2D eigenvalue weighted by atomic mass is 10.1. The summed E-state index contributed by atoms with van der Waals surface area (Å²) in [5.74, 6) is 0.554. The molecule has 0 aliphatic carbocycles. The standard InChI is InChI=1S/C18H17F3O3/c1-22-17(23-2)24-16-5-3-4-14(12-16)7-6-13-8-10-15(11-9-13)18(19,20)21/h3-12,17H,1-2H3. The third-order valence-corrected chi connectivity index (χ3v) is 3.18. The lowest BCUT2D eigenvalue weighted by molar-refractivity contribution is -0.219. The Labute approximate surface area is 138 Å². The van der Waals surface area contributed by atoms with Gasteiger partial charge < -0.3 is 14.2 Å². The van der Waals surface area contributed by atoms with Crippen LogP contribution >= 0.6 is 0 Å². The molecular formula is C18H17F3O3. The van der Waals surface area contributed by atoms with Crippen molar-refractivity contribution < 1.29 is 27.4 Å². The topological polar surface area (TPSA) is 27.7 Å². The number of hydrogen-bond acceptors (Lipinski definition) is 3. The van der Waals surface area contributed by atoms with Gasteiger partial charge in [0, 0.05) is 14.2 Å². The van der Waals surface area contributed by atoms with Gasteiger partial charge in [-0.25, -0.2) is 0 Å². The van der Waals surface area contributed by atoms with Gasteiger partial charge in [0.1, 0.15) is 5.75 Å². The largest absolute Gasteiger partial charge is 0.441 e. The average Bonchev–Trinajstić information content (AvgIpc) is 2.58. The summed E-state index contributed by atoms with van der Waals surface area (Å²) in [6.45, 7) is -0.806. The van der Waals surface area contributed by atoms with Gasteiger partial charge in [-0.15, -0.1) is 0 Å². The highest BCUT2D eigenvalue weighted by atomic mass is 19.4. The van der Waals surface area contributed by atoms with E-state index in [2.05, 4.69) is 0 Å². The first-order valence-corrected chi connectivity index (χ1v) is 7.10. The third kappa shape index (κ3) is 5.11. The van der Waals surface area contributed by atoms with Crippen molar-refractivity contribution in [1.82, 2.24) is 0 Å². The van der Waals surface area contributed by atoms with Crippen LogP contribution in [0.5, 0.6) is 5.75 Å². The molecule has 0 saturated heterocycles. The van der Waals surface area contributed by atoms with Crippen molar-refractivity contribution in [2.24, 2.45) is 0 Å². The number of hydrogen-bond donors (Lipinski definition) is 0. The molecule has 0 N–H and O–H groups in total. The summed E-state index contributed by atoms with van der Waals surface area (Å²) in [5.41, 5.74) is 0.833. The van der Waals surface area contributed by atoms with Crippen LogP contribution in [0.15, 0.2) is 48.5 Å². The summed E-state index contributed by atoms with van der Waals surface area (Å²) in [5, 5.41) is 0. The Morgan fingerprint density at radius 1 is 0.875 bits per heavy atom. The summed E-state index contributed by atoms with van der Waals surface area (Å²) in [6.07, 6.45) is -0.819. The molecule has 0 spiro atoms. The number of benzene rings is 2. The molecule has 128 valence electrons. The van der Waals surface area contributed by atoms with Gasteiger partial charge in [-0.05, 0) is 35.4 Å². The van der Waals surface area contributed by atoms with Gasteiger partial charge >= 0.3 is 12.7 Å². The van der Waals surface area contributed by atoms with Crippen molar-refractivity contribution >= 4 is 12.2 Å². The molecule has 0 fully saturated rings. The van der Waals surface area contributed by atoms with Crippen LogP contribution in [-0.4, -0.2) is 20.7 Å². The van der Waals surface area contributed by atoms with Gasteiger partial charge in [0.25, 0.3) is 0 Å². The van der Waals surface area contributed by atoms with Gasteiger partial charge in [0.2, 0.25) is 0 Å². The molecule has 0 amide bonds. The van der Waals surface area contributed by atoms with Gasteiger partial charge in [0.15, 0.2) is 0 Å². The Morgan fingerprint density at radius 2 is 1.50 bits per heavy atom. The Morgan fingerprint density at radius 3 is 2.08 bits per heavy atom. The zero-order chi connectivity index (χ0) is 17.6. The maximum atomic E-state index is 12.5. The molecule has 3 nitrogen and oxygen atoms in total. The minimum atomic E-state index is -4.33. The number of ether oxygens (including phenoxy) is 3. The summed E-state index contributed by atoms with van der Waals surface area (Å²) >= 11 is 0. The number of methoxy groups -OCH3 is 2. The third-order valence-electron chi connectivity index (χ3n) is 3.18. The molecule has 0 heterocycles. The van der Waals surface area contributed by atoms with Crippen LogP contribution in [0.2, 0.25) is 0 Å². The van der Waals surface area contributed by atoms with E-state index >= 15 is 0 Å². The van der Waals surface area contributed by atoms with Gasteiger partial charge in [0.05, 0.1) is 5.56 Å². The predicted molar refractivity (Wildman–Crippen MR) is 85.2 cm³/mol. The minimum Gasteiger partial charge on any atom is -0.441 e. The highest BCUT2D eigenvalue weighted by Crippen LogP contribution is 2.29. The summed E-state index contributed by atoms with van der Waals surface area (Å²) in [6, 6.07) is 12.1. The first kappa shape index (κ1) is 18.0. The predicted octanol–water partition coefficient (Wildman–Crippen LogP) is 4.83. The quantitative estimate of drug-likeness (QED) is 0.558. The lowest BCUT2D eigenvalue weighted by Crippen LogP contribution is -2.20. The number of halogens is 3. The molecule has 2 aromatic carbocycles. The lowest BCUT2D eigenvalue weighted by Gasteiger charge is -2.15. The van der Waals surface area contributed by atoms with Crippen molar-refractivity contribution in [1.29, 1.82) is 0 Å². The molecular weight excluding hydrogens is 321 g/mol. The van der Waals surface area contributed by atoms with Gasteiger partial charge in [-0.1, -0.05) is 36.4 Å². The zero-order valence-corrected chi connectivity index (χ0v) is 13.2. The molecule has 2 rings (SSSR count). The van der Waals surface area contributed by atoms with Gasteiger partial charge in [-0.3, -0.25) is 0 Å². The summed E-state index contributed by atoms with van der Waals surface area (Å²) in [7, 11) is 2.92. The van der Waals surface area contributed by atoms with Crippen LogP contribution in [0.3, 0.4) is 0 Å². The Hall–Kier alpha value is -2.31. The monoisotopic (exact) mass is 338 g/mol. The molecule has 0 radical (unpaired) electrons. The Bertz CT molecular complexity index is 675. The SMILES string of the molecule is COC(OC)Oc1cccc(C=Cc2ccc(C(F)(F)F)cc2)c1. The minimum absolute atomic E-state index is 0.554. The van der Waals surface area contributed by atoms with Crippen molar-refractivity contribution in [2.75, 3.05) is 14.2 Å². The van der Waals surface area contributed by atoms with Crippen LogP contribution < -0.4 is 4.74 Å². The normalized spacial score (nSPS) is 12.1. The van der Waals surface area contributed by atoms with E-state index in [-0.39, 0.29) is 0 Å². The first-order valence-electron chi connectivity index (χ1n) is 7.10. The molecule has 0 aliphatic heterocycles. The second-order valence-electron chi connectivity index (χ2n) is 4.90. The highest BCUT2D eigenvalue weighted by Gasteiger charge is 2.29. The van der Waals surface area contributed by atoms with E-state index in [1.165, 1.54) is 26.4 Å². The summed E-state index contributed by atoms with van der Waals surface area (Å²) in [4.78, 5) is 0. The Kier molecular flexibility index (Phi) is 6.00. The van der Waals surface area contributed by atoms with Crippen LogP contribution in [0.1, 0.15) is 16.7 Å². The van der Waals surface area contributed by atoms with E-state index in [1.807, 2.05) is 6.07 Å². The first-order chi connectivity index (χ1) is 11.4. The van der Waals surface area contributed by atoms with Crippen LogP contribution in [-0.2, 0) is 15.7 Å². The van der Waals surface area contributed by atoms with E-state index < -0.39 is 18.2 Å². The van der Waals surface area contributed by atoms with Crippen LogP contribution in [0.25, 0.3) is 12.2 Å². The molecule has 6 heteroatoms. The van der Waals surface area contributed by atoms with Crippen molar-refractivity contribution in [2.45, 2.75) is 12.7 Å². The second-order valence-corrected chi connectivity index (χ2v) is 4.90. The van der Waals surface area contributed by atoms with E-state index in [0.717, 1.165) is 17.7 Å². The fraction of sp³-hybridized carbons (Fsp3) is 0.222. The van der Waals surface area contributed by atoms with E-state index in [4.69, 9.17) is 14.2 Å². The maximum Gasteiger partial charge on any atom is 0.416 e. The molecule has 0 aliphatic rings. The number of rotatable bonds is 6.